The molecule has 152 valence electrons. The molecule has 0 N–H and O–H groups in total. The molecule has 0 spiro atoms. The van der Waals surface area contributed by atoms with Crippen LogP contribution in [0.4, 0.5) is 0 Å². The number of alkyl halides is 1. The average molecular weight is 405 g/mol. The van der Waals surface area contributed by atoms with Gasteiger partial charge in [-0.1, -0.05) is 130 Å². The summed E-state index contributed by atoms with van der Waals surface area (Å²) in [5, 5.41) is 0. The van der Waals surface area contributed by atoms with E-state index in [0.717, 1.165) is 18.7 Å². The largest absolute Gasteiger partial charge is 0.127 e. The molecule has 0 nitrogen and oxygen atoms in total. The van der Waals surface area contributed by atoms with Crippen LogP contribution >= 0.6 is 11.6 Å². The Morgan fingerprint density at radius 3 is 1.17 bits per heavy atom. The molecule has 0 radical (unpaired) electrons. The fourth-order valence-corrected chi connectivity index (χ4v) is 4.66. The molecule has 0 aliphatic heterocycles. The van der Waals surface area contributed by atoms with Crippen molar-refractivity contribution in [2.75, 3.05) is 5.88 Å². The Morgan fingerprint density at radius 1 is 0.448 bits per heavy atom. The highest BCUT2D eigenvalue weighted by Gasteiger charge is 2.35. The van der Waals surface area contributed by atoms with Crippen molar-refractivity contribution in [3.8, 4) is 0 Å². The molecule has 0 aromatic heterocycles. The molecule has 0 atom stereocenters. The highest BCUT2D eigenvalue weighted by Crippen LogP contribution is 2.43. The summed E-state index contributed by atoms with van der Waals surface area (Å²) in [4.78, 5) is 0. The van der Waals surface area contributed by atoms with Gasteiger partial charge in [-0.15, -0.1) is 11.6 Å². The van der Waals surface area contributed by atoms with Crippen LogP contribution in [0.15, 0.2) is 91.0 Å². The third-order valence-corrected chi connectivity index (χ3v) is 6.25. The molecule has 0 amide bonds. The van der Waals surface area contributed by atoms with E-state index in [9.17, 15) is 0 Å². The van der Waals surface area contributed by atoms with Gasteiger partial charge in [-0.2, -0.15) is 0 Å². The van der Waals surface area contributed by atoms with E-state index in [-0.39, 0.29) is 5.41 Å². The van der Waals surface area contributed by atoms with Gasteiger partial charge in [-0.05, 0) is 29.5 Å². The minimum absolute atomic E-state index is 0.0948. The third-order valence-electron chi connectivity index (χ3n) is 5.99. The summed E-state index contributed by atoms with van der Waals surface area (Å²) in [5.41, 5.74) is 4.07. The van der Waals surface area contributed by atoms with E-state index in [1.54, 1.807) is 0 Å². The first-order chi connectivity index (χ1) is 14.4. The molecule has 0 bridgehead atoms. The fraction of sp³-hybridized carbons (Fsp3) is 0.357. The van der Waals surface area contributed by atoms with Crippen LogP contribution in [0.25, 0.3) is 0 Å². The predicted octanol–water partition coefficient (Wildman–Crippen LogP) is 8.38. The Balaban J connectivity index is 1.83. The molecule has 0 aliphatic carbocycles. The van der Waals surface area contributed by atoms with Crippen molar-refractivity contribution in [1.82, 2.24) is 0 Å². The fourth-order valence-electron chi connectivity index (χ4n) is 4.47. The van der Waals surface area contributed by atoms with Crippen molar-refractivity contribution in [1.29, 1.82) is 0 Å². The monoisotopic (exact) mass is 404 g/mol. The lowest BCUT2D eigenvalue weighted by Gasteiger charge is -2.36. The topological polar surface area (TPSA) is 0 Å². The summed E-state index contributed by atoms with van der Waals surface area (Å²) >= 11 is 5.79. The molecule has 0 saturated heterocycles. The summed E-state index contributed by atoms with van der Waals surface area (Å²) in [6.45, 7) is 0. The molecule has 3 aromatic carbocycles. The number of halogens is 1. The first-order valence-electron chi connectivity index (χ1n) is 11.1. The molecule has 0 saturated carbocycles. The lowest BCUT2D eigenvalue weighted by atomic mass is 9.66. The van der Waals surface area contributed by atoms with Gasteiger partial charge in [0.05, 0.1) is 0 Å². The Labute approximate surface area is 181 Å². The molecule has 0 heterocycles. The Hall–Kier alpha value is -2.05. The van der Waals surface area contributed by atoms with Gasteiger partial charge in [-0.25, -0.2) is 0 Å². The summed E-state index contributed by atoms with van der Waals surface area (Å²) in [7, 11) is 0. The lowest BCUT2D eigenvalue weighted by molar-refractivity contribution is 0.496. The number of rotatable bonds is 12. The van der Waals surface area contributed by atoms with Crippen LogP contribution in [0.1, 0.15) is 68.1 Å². The summed E-state index contributed by atoms with van der Waals surface area (Å²) in [6.07, 6.45) is 10.0. The summed E-state index contributed by atoms with van der Waals surface area (Å²) in [6, 6.07) is 33.2. The first-order valence-corrected chi connectivity index (χ1v) is 11.6. The maximum Gasteiger partial charge on any atom is 0.0451 e. The minimum Gasteiger partial charge on any atom is -0.127 e. The SMILES string of the molecule is ClCCCCCCCCCC(c1ccccc1)(c1ccccc1)c1ccccc1. The lowest BCUT2D eigenvalue weighted by Crippen LogP contribution is -2.29. The molecule has 1 heteroatoms. The summed E-state index contributed by atoms with van der Waals surface area (Å²) < 4.78 is 0. The zero-order valence-electron chi connectivity index (χ0n) is 17.4. The van der Waals surface area contributed by atoms with E-state index >= 15 is 0 Å². The number of benzene rings is 3. The van der Waals surface area contributed by atoms with Gasteiger partial charge in [-0.3, -0.25) is 0 Å². The van der Waals surface area contributed by atoms with Gasteiger partial charge < -0.3 is 0 Å². The zero-order valence-corrected chi connectivity index (χ0v) is 18.2. The molecule has 29 heavy (non-hydrogen) atoms. The van der Waals surface area contributed by atoms with E-state index < -0.39 is 0 Å². The standard InChI is InChI=1S/C28H33Cl/c29-24-16-5-3-1-2-4-15-23-28(25-17-9-6-10-18-25,26-19-11-7-12-20-26)27-21-13-8-14-22-27/h6-14,17-22H,1-5,15-16,23-24H2. The second-order valence-corrected chi connectivity index (χ2v) is 8.30. The quantitative estimate of drug-likeness (QED) is 0.161. The van der Waals surface area contributed by atoms with E-state index in [0.29, 0.717) is 0 Å². The van der Waals surface area contributed by atoms with E-state index in [2.05, 4.69) is 91.0 Å². The Morgan fingerprint density at radius 2 is 0.793 bits per heavy atom. The van der Waals surface area contributed by atoms with Crippen molar-refractivity contribution < 1.29 is 0 Å². The van der Waals surface area contributed by atoms with E-state index in [1.165, 1.54) is 55.2 Å². The van der Waals surface area contributed by atoms with Crippen LogP contribution in [0.3, 0.4) is 0 Å². The molecule has 3 aromatic rings. The maximum absolute atomic E-state index is 5.79. The smallest absolute Gasteiger partial charge is 0.0451 e. The van der Waals surface area contributed by atoms with Gasteiger partial charge in [0.1, 0.15) is 0 Å². The molecule has 0 fully saturated rings. The third kappa shape index (κ3) is 5.73. The molecular formula is C28H33Cl. The van der Waals surface area contributed by atoms with Crippen molar-refractivity contribution in [2.24, 2.45) is 0 Å². The van der Waals surface area contributed by atoms with Crippen molar-refractivity contribution in [3.63, 3.8) is 0 Å². The second kappa shape index (κ2) is 11.8. The van der Waals surface area contributed by atoms with Gasteiger partial charge >= 0.3 is 0 Å². The van der Waals surface area contributed by atoms with Crippen LogP contribution in [-0.2, 0) is 5.41 Å². The van der Waals surface area contributed by atoms with Gasteiger partial charge in [0, 0.05) is 11.3 Å². The minimum atomic E-state index is -0.0948. The van der Waals surface area contributed by atoms with Gasteiger partial charge in [0.2, 0.25) is 0 Å². The van der Waals surface area contributed by atoms with Crippen molar-refractivity contribution >= 4 is 11.6 Å². The van der Waals surface area contributed by atoms with Crippen molar-refractivity contribution in [3.05, 3.63) is 108 Å². The van der Waals surface area contributed by atoms with Crippen LogP contribution < -0.4 is 0 Å². The van der Waals surface area contributed by atoms with Gasteiger partial charge in [0.15, 0.2) is 0 Å². The predicted molar refractivity (Wildman–Crippen MR) is 127 cm³/mol. The molecule has 0 unspecified atom stereocenters. The zero-order chi connectivity index (χ0) is 20.2. The number of unbranched alkanes of at least 4 members (excludes halogenated alkanes) is 6. The second-order valence-electron chi connectivity index (χ2n) is 7.92. The van der Waals surface area contributed by atoms with Crippen LogP contribution in [0.2, 0.25) is 0 Å². The average Bonchev–Trinajstić information content (AvgIpc) is 2.80. The molecule has 3 rings (SSSR count). The van der Waals surface area contributed by atoms with Crippen LogP contribution in [0.5, 0.6) is 0 Å². The van der Waals surface area contributed by atoms with Gasteiger partial charge in [0.25, 0.3) is 0 Å². The van der Waals surface area contributed by atoms with Crippen molar-refractivity contribution in [2.45, 2.75) is 56.8 Å². The Bertz CT molecular complexity index is 699. The highest BCUT2D eigenvalue weighted by atomic mass is 35.5. The summed E-state index contributed by atoms with van der Waals surface area (Å²) in [5.74, 6) is 0.799. The van der Waals surface area contributed by atoms with Crippen LogP contribution in [-0.4, -0.2) is 5.88 Å². The molecular weight excluding hydrogens is 372 g/mol. The highest BCUT2D eigenvalue weighted by molar-refractivity contribution is 6.17. The van der Waals surface area contributed by atoms with E-state index in [4.69, 9.17) is 11.6 Å². The first kappa shape index (κ1) is 21.7. The maximum atomic E-state index is 5.79. The normalized spacial score (nSPS) is 11.5. The van der Waals surface area contributed by atoms with E-state index in [1.807, 2.05) is 0 Å². The number of hydrogen-bond acceptors (Lipinski definition) is 0. The Kier molecular flexibility index (Phi) is 8.83. The van der Waals surface area contributed by atoms with Crippen LogP contribution in [0, 0.1) is 0 Å². The molecule has 0 aliphatic rings. The number of hydrogen-bond donors (Lipinski definition) is 0.